The topological polar surface area (TPSA) is 227 Å². The molecule has 0 saturated carbocycles. The molecule has 5 N–H and O–H groups in total. The van der Waals surface area contributed by atoms with E-state index in [1.165, 1.54) is 24.5 Å². The summed E-state index contributed by atoms with van der Waals surface area (Å²) in [4.78, 5) is 90.6. The molecular weight excluding hydrogens is 886 g/mol. The van der Waals surface area contributed by atoms with Gasteiger partial charge in [0.25, 0.3) is 11.8 Å². The van der Waals surface area contributed by atoms with Crippen molar-refractivity contribution in [1.29, 1.82) is 5.41 Å². The largest absolute Gasteiger partial charge is 0.378 e. The van der Waals surface area contributed by atoms with Gasteiger partial charge in [0.05, 0.1) is 55.1 Å². The number of primary amides is 1. The number of nitrogens with two attached hydrogens (primary N) is 1. The molecule has 4 saturated heterocycles. The Balaban J connectivity index is 0.762. The number of carbonyl (C=O) groups is 5. The molecule has 4 aliphatic rings. The maximum atomic E-state index is 15.0. The first-order chi connectivity index (χ1) is 33.5. The van der Waals surface area contributed by atoms with E-state index in [0.717, 1.165) is 56.9 Å². The van der Waals surface area contributed by atoms with Crippen molar-refractivity contribution in [3.8, 4) is 0 Å². The molecule has 0 bridgehead atoms. The van der Waals surface area contributed by atoms with Crippen LogP contribution in [0.2, 0.25) is 0 Å². The molecule has 4 fully saturated rings. The van der Waals surface area contributed by atoms with Gasteiger partial charge in [-0.05, 0) is 54.7 Å². The van der Waals surface area contributed by atoms with Crippen molar-refractivity contribution < 1.29 is 33.1 Å². The first kappa shape index (κ1) is 48.7. The van der Waals surface area contributed by atoms with E-state index in [1.54, 1.807) is 52.5 Å². The molecule has 19 nitrogen and oxygen atoms in total. The van der Waals surface area contributed by atoms with E-state index in [4.69, 9.17) is 15.9 Å². The summed E-state index contributed by atoms with van der Waals surface area (Å²) in [5.74, 6) is -1.88. The fourth-order valence-corrected chi connectivity index (χ4v) is 9.33. The Labute approximate surface area is 400 Å². The maximum absolute atomic E-state index is 15.0. The number of amides is 5. The molecule has 2 aromatic carbocycles. The average molecular weight is 946 g/mol. The van der Waals surface area contributed by atoms with Crippen molar-refractivity contribution >= 4 is 46.6 Å². The van der Waals surface area contributed by atoms with Crippen LogP contribution in [0.3, 0.4) is 0 Å². The molecule has 5 amide bonds. The molecule has 8 rings (SSSR count). The van der Waals surface area contributed by atoms with Crippen molar-refractivity contribution in [2.24, 2.45) is 11.7 Å². The number of rotatable bonds is 16. The Hall–Kier alpha value is -6.74. The molecule has 20 heteroatoms. The van der Waals surface area contributed by atoms with Gasteiger partial charge in [0.2, 0.25) is 17.7 Å². The lowest BCUT2D eigenvalue weighted by Gasteiger charge is -2.40. The third kappa shape index (κ3) is 12.7. The second-order valence-electron chi connectivity index (χ2n) is 17.9. The second kappa shape index (κ2) is 23.0. The standard InChI is InChI=1S/C49H60FN13O6/c50-41-6-5-35(26-42(51)38-3-1-2-4-39(38)47(52)66)25-40(41)48(67)63-19-17-61(18-20-63)45(65)32-59-15-13-58(14-16-59)31-34-8-11-62(12-9-34)49(68)46-43(27-37(29-55-46)60-21-23-69-24-22-60)57-44(64)30-54-28-36-7-10-53-33-56-36/h1-7,10,25,27,29,33-34,51,54H,8-9,11-24,26,28,30-32H2,(H2,52,66)(H,57,64). The molecule has 364 valence electrons. The van der Waals surface area contributed by atoms with Gasteiger partial charge in [0.15, 0.2) is 5.69 Å². The smallest absolute Gasteiger partial charge is 0.274 e. The minimum atomic E-state index is -0.663. The molecule has 0 unspecified atom stereocenters. The summed E-state index contributed by atoms with van der Waals surface area (Å²) >= 11 is 0. The predicted molar refractivity (Wildman–Crippen MR) is 256 cm³/mol. The summed E-state index contributed by atoms with van der Waals surface area (Å²) in [6, 6.07) is 14.4. The number of hydrogen-bond donors (Lipinski definition) is 4. The number of morpholine rings is 1. The maximum Gasteiger partial charge on any atom is 0.274 e. The Kier molecular flexibility index (Phi) is 16.3. The number of hydrogen-bond acceptors (Lipinski definition) is 14. The zero-order valence-electron chi connectivity index (χ0n) is 38.8. The lowest BCUT2D eigenvalue weighted by atomic mass is 9.95. The van der Waals surface area contributed by atoms with E-state index in [1.807, 2.05) is 11.0 Å². The monoisotopic (exact) mass is 945 g/mol. The number of nitrogens with one attached hydrogen (secondary N) is 3. The van der Waals surface area contributed by atoms with Crippen molar-refractivity contribution in [3.05, 3.63) is 113 Å². The van der Waals surface area contributed by atoms with Gasteiger partial charge in [-0.1, -0.05) is 24.3 Å². The number of likely N-dealkylation sites (tertiary alicyclic amines) is 1. The fraction of sp³-hybridized carbons (Fsp3) is 0.449. The third-order valence-electron chi connectivity index (χ3n) is 13.3. The molecule has 2 aromatic heterocycles. The molecule has 0 atom stereocenters. The summed E-state index contributed by atoms with van der Waals surface area (Å²) in [6.07, 6.45) is 6.56. The van der Waals surface area contributed by atoms with Crippen molar-refractivity contribution in [2.45, 2.75) is 25.8 Å². The molecule has 0 spiro atoms. The van der Waals surface area contributed by atoms with E-state index in [9.17, 15) is 24.0 Å². The highest BCUT2D eigenvalue weighted by Crippen LogP contribution is 2.27. The highest BCUT2D eigenvalue weighted by molar-refractivity contribution is 6.09. The van der Waals surface area contributed by atoms with E-state index >= 15 is 4.39 Å². The molecule has 4 aliphatic heterocycles. The van der Waals surface area contributed by atoms with Crippen LogP contribution in [0.1, 0.15) is 60.9 Å². The van der Waals surface area contributed by atoms with Gasteiger partial charge in [-0.2, -0.15) is 0 Å². The minimum absolute atomic E-state index is 0.00120. The van der Waals surface area contributed by atoms with Gasteiger partial charge in [0.1, 0.15) is 12.1 Å². The van der Waals surface area contributed by atoms with Crippen LogP contribution in [-0.4, -0.2) is 186 Å². The van der Waals surface area contributed by atoms with Gasteiger partial charge in [-0.15, -0.1) is 0 Å². The molecule has 0 aliphatic carbocycles. The fourth-order valence-electron chi connectivity index (χ4n) is 9.33. The minimum Gasteiger partial charge on any atom is -0.378 e. The SMILES string of the molecule is N=C(Cc1ccc(F)c(C(=O)N2CCN(C(=O)CN3CCN(CC4CCN(C(=O)c5ncc(N6CCOCC6)cc5NC(=O)CNCc5ccncn5)CC4)CC3)CC2)c1)c1ccccc1C(N)=O. The number of benzene rings is 2. The lowest BCUT2D eigenvalue weighted by Crippen LogP contribution is -2.55. The first-order valence-corrected chi connectivity index (χ1v) is 23.6. The number of ether oxygens (including phenoxy) is 1. The molecule has 69 heavy (non-hydrogen) atoms. The van der Waals surface area contributed by atoms with Crippen LogP contribution in [0, 0.1) is 17.1 Å². The van der Waals surface area contributed by atoms with Crippen molar-refractivity contribution in [1.82, 2.24) is 44.8 Å². The average Bonchev–Trinajstić information content (AvgIpc) is 3.38. The van der Waals surface area contributed by atoms with Crippen LogP contribution in [0.5, 0.6) is 0 Å². The van der Waals surface area contributed by atoms with Crippen LogP contribution in [0.25, 0.3) is 0 Å². The zero-order chi connectivity index (χ0) is 48.3. The van der Waals surface area contributed by atoms with E-state index in [-0.39, 0.29) is 72.9 Å². The van der Waals surface area contributed by atoms with Crippen LogP contribution in [-0.2, 0) is 27.3 Å². The van der Waals surface area contributed by atoms with Crippen LogP contribution in [0.4, 0.5) is 15.8 Å². The highest BCUT2D eigenvalue weighted by Gasteiger charge is 2.31. The lowest BCUT2D eigenvalue weighted by molar-refractivity contribution is -0.134. The quantitative estimate of drug-likeness (QED) is 0.118. The molecule has 6 heterocycles. The van der Waals surface area contributed by atoms with Crippen LogP contribution < -0.4 is 21.3 Å². The second-order valence-corrected chi connectivity index (χ2v) is 17.9. The van der Waals surface area contributed by atoms with E-state index in [0.29, 0.717) is 81.8 Å². The molecular formula is C49H60FN13O6. The van der Waals surface area contributed by atoms with Crippen LogP contribution >= 0.6 is 0 Å². The van der Waals surface area contributed by atoms with Gasteiger partial charge in [-0.25, -0.2) is 19.3 Å². The summed E-state index contributed by atoms with van der Waals surface area (Å²) in [5.41, 5.74) is 8.85. The third-order valence-corrected chi connectivity index (χ3v) is 13.3. The number of piperazine rings is 2. The number of anilines is 2. The Morgan fingerprint density at radius 2 is 1.46 bits per heavy atom. The normalized spacial score (nSPS) is 17.4. The zero-order valence-corrected chi connectivity index (χ0v) is 38.8. The van der Waals surface area contributed by atoms with Gasteiger partial charge in [0, 0.05) is 121 Å². The first-order valence-electron chi connectivity index (χ1n) is 23.6. The molecule has 0 radical (unpaired) electrons. The Morgan fingerprint density at radius 3 is 2.17 bits per heavy atom. The Bertz CT molecular complexity index is 2490. The summed E-state index contributed by atoms with van der Waals surface area (Å²) in [6.45, 7) is 9.70. The van der Waals surface area contributed by atoms with Crippen molar-refractivity contribution in [3.63, 3.8) is 0 Å². The Morgan fingerprint density at radius 1 is 0.768 bits per heavy atom. The summed E-state index contributed by atoms with van der Waals surface area (Å²) in [7, 11) is 0. The number of halogens is 1. The van der Waals surface area contributed by atoms with Gasteiger partial charge >= 0.3 is 0 Å². The highest BCUT2D eigenvalue weighted by atomic mass is 19.1. The summed E-state index contributed by atoms with van der Waals surface area (Å²) < 4.78 is 20.5. The van der Waals surface area contributed by atoms with E-state index in [2.05, 4.69) is 40.3 Å². The van der Waals surface area contributed by atoms with E-state index < -0.39 is 17.6 Å². The molecule has 4 aromatic rings. The number of nitrogens with zero attached hydrogens (tertiary/aromatic N) is 9. The number of piperidine rings is 1. The number of carbonyl (C=O) groups excluding carboxylic acids is 5. The number of aromatic nitrogens is 3. The summed E-state index contributed by atoms with van der Waals surface area (Å²) in [5, 5.41) is 14.6. The van der Waals surface area contributed by atoms with Gasteiger partial charge < -0.3 is 51.0 Å². The van der Waals surface area contributed by atoms with Crippen LogP contribution in [0.15, 0.2) is 73.3 Å². The predicted octanol–water partition coefficient (Wildman–Crippen LogP) is 1.74. The number of pyridine rings is 1. The van der Waals surface area contributed by atoms with Crippen molar-refractivity contribution in [2.75, 3.05) is 122 Å². The van der Waals surface area contributed by atoms with Gasteiger partial charge in [-0.3, -0.25) is 28.9 Å².